The molecule has 2 aromatic rings. The second-order valence-electron chi connectivity index (χ2n) is 7.44. The Morgan fingerprint density at radius 3 is 2.62 bits per heavy atom. The van der Waals surface area contributed by atoms with Crippen LogP contribution in [-0.2, 0) is 9.53 Å². The van der Waals surface area contributed by atoms with E-state index in [0.29, 0.717) is 6.61 Å². The average Bonchev–Trinajstić information content (AvgIpc) is 2.95. The number of piperidine rings is 1. The van der Waals surface area contributed by atoms with Crippen LogP contribution in [0.1, 0.15) is 48.3 Å². The molecule has 1 aliphatic rings. The molecule has 1 saturated heterocycles. The summed E-state index contributed by atoms with van der Waals surface area (Å²) in [6.07, 6.45) is 1.58. The van der Waals surface area contributed by atoms with Crippen LogP contribution in [0.25, 0.3) is 10.9 Å². The average molecular weight is 357 g/mol. The molecule has 0 radical (unpaired) electrons. The number of aromatic nitrogens is 1. The van der Waals surface area contributed by atoms with Crippen LogP contribution in [-0.4, -0.2) is 42.5 Å². The SMILES string of the molecule is CCOC(=O)C1CC[NH+]([C@@H](C)C(=O)c2c(C)[nH]c3cc(C)ccc23)CC1. The molecule has 0 spiro atoms. The van der Waals surface area contributed by atoms with Crippen LogP contribution in [0.3, 0.4) is 0 Å². The lowest BCUT2D eigenvalue weighted by Gasteiger charge is -2.31. The quantitative estimate of drug-likeness (QED) is 0.637. The molecule has 5 nitrogen and oxygen atoms in total. The third kappa shape index (κ3) is 3.54. The zero-order chi connectivity index (χ0) is 18.8. The summed E-state index contributed by atoms with van der Waals surface area (Å²) in [5.41, 5.74) is 3.95. The number of hydrogen-bond donors (Lipinski definition) is 2. The van der Waals surface area contributed by atoms with E-state index in [9.17, 15) is 9.59 Å². The normalized spacial score (nSPS) is 21.5. The number of rotatable bonds is 5. The van der Waals surface area contributed by atoms with E-state index in [4.69, 9.17) is 4.74 Å². The minimum atomic E-state index is -0.114. The monoisotopic (exact) mass is 357 g/mol. The minimum Gasteiger partial charge on any atom is -0.466 e. The number of aryl methyl sites for hydroxylation is 2. The van der Waals surface area contributed by atoms with Crippen LogP contribution in [0, 0.1) is 19.8 Å². The van der Waals surface area contributed by atoms with Crippen LogP contribution in [0.5, 0.6) is 0 Å². The van der Waals surface area contributed by atoms with Gasteiger partial charge in [0, 0.05) is 29.4 Å². The fraction of sp³-hybridized carbons (Fsp3) is 0.524. The lowest BCUT2D eigenvalue weighted by Crippen LogP contribution is -3.17. The van der Waals surface area contributed by atoms with E-state index in [1.807, 2.05) is 26.8 Å². The second-order valence-corrected chi connectivity index (χ2v) is 7.44. The number of carbonyl (C=O) groups excluding carboxylic acids is 2. The predicted octanol–water partition coefficient (Wildman–Crippen LogP) is 2.21. The minimum absolute atomic E-state index is 0.0150. The van der Waals surface area contributed by atoms with Crippen molar-refractivity contribution in [2.45, 2.75) is 46.6 Å². The molecule has 2 N–H and O–H groups in total. The summed E-state index contributed by atoms with van der Waals surface area (Å²) in [6, 6.07) is 6.06. The standard InChI is InChI=1S/C21H28N2O3/c1-5-26-21(25)16-8-10-23(11-9-16)15(4)20(24)19-14(3)22-18-12-13(2)6-7-17(18)19/h6-7,12,15-16,22H,5,8-11H2,1-4H3/p+1/t15-/m0/s1. The molecule has 1 aliphatic heterocycles. The molecule has 1 fully saturated rings. The summed E-state index contributed by atoms with van der Waals surface area (Å²) in [4.78, 5) is 29.7. The molecule has 1 atom stereocenters. The molecule has 140 valence electrons. The smallest absolute Gasteiger partial charge is 0.309 e. The molecule has 1 aromatic heterocycles. The van der Waals surface area contributed by atoms with Crippen molar-refractivity contribution < 1.29 is 19.2 Å². The molecule has 2 heterocycles. The molecule has 3 rings (SSSR count). The number of ketones is 1. The Labute approximate surface area is 154 Å². The van der Waals surface area contributed by atoms with Crippen molar-refractivity contribution in [3.8, 4) is 0 Å². The third-order valence-corrected chi connectivity index (χ3v) is 5.64. The van der Waals surface area contributed by atoms with Gasteiger partial charge in [0.2, 0.25) is 5.78 Å². The number of aromatic amines is 1. The fourth-order valence-electron chi connectivity index (χ4n) is 4.08. The Hall–Kier alpha value is -2.14. The number of likely N-dealkylation sites (tertiary alicyclic amines) is 1. The van der Waals surface area contributed by atoms with E-state index in [1.54, 1.807) is 0 Å². The van der Waals surface area contributed by atoms with Crippen molar-refractivity contribution in [3.63, 3.8) is 0 Å². The van der Waals surface area contributed by atoms with Gasteiger partial charge in [-0.3, -0.25) is 9.59 Å². The molecule has 0 saturated carbocycles. The highest BCUT2D eigenvalue weighted by atomic mass is 16.5. The number of quaternary nitrogens is 1. The number of ether oxygens (including phenoxy) is 1. The summed E-state index contributed by atoms with van der Waals surface area (Å²) in [6.45, 7) is 9.96. The lowest BCUT2D eigenvalue weighted by atomic mass is 9.94. The number of benzene rings is 1. The number of Topliss-reactive ketones (excluding diaryl/α,β-unsaturated/α-hetero) is 1. The molecule has 26 heavy (non-hydrogen) atoms. The molecule has 5 heteroatoms. The van der Waals surface area contributed by atoms with Gasteiger partial charge in [-0.1, -0.05) is 12.1 Å². The van der Waals surface area contributed by atoms with Crippen molar-refractivity contribution in [3.05, 3.63) is 35.0 Å². The highest BCUT2D eigenvalue weighted by Crippen LogP contribution is 2.24. The van der Waals surface area contributed by atoms with Crippen molar-refractivity contribution in [2.24, 2.45) is 5.92 Å². The Morgan fingerprint density at radius 2 is 1.96 bits per heavy atom. The maximum atomic E-state index is 13.2. The first kappa shape index (κ1) is 18.6. The van der Waals surface area contributed by atoms with Crippen LogP contribution in [0.2, 0.25) is 0 Å². The van der Waals surface area contributed by atoms with Gasteiger partial charge >= 0.3 is 5.97 Å². The second kappa shape index (κ2) is 7.62. The van der Waals surface area contributed by atoms with Gasteiger partial charge in [-0.05, 0) is 39.3 Å². The number of carbonyl (C=O) groups is 2. The van der Waals surface area contributed by atoms with Gasteiger partial charge in [-0.15, -0.1) is 0 Å². The van der Waals surface area contributed by atoms with Crippen LogP contribution < -0.4 is 4.90 Å². The van der Waals surface area contributed by atoms with Gasteiger partial charge in [0.1, 0.15) is 6.04 Å². The molecule has 0 unspecified atom stereocenters. The van der Waals surface area contributed by atoms with E-state index < -0.39 is 0 Å². The first-order valence-corrected chi connectivity index (χ1v) is 9.56. The number of H-pyrrole nitrogens is 1. The van der Waals surface area contributed by atoms with Crippen molar-refractivity contribution >= 4 is 22.7 Å². The van der Waals surface area contributed by atoms with Gasteiger partial charge in [-0.25, -0.2) is 0 Å². The largest absolute Gasteiger partial charge is 0.466 e. The Morgan fingerprint density at radius 1 is 1.27 bits per heavy atom. The number of fused-ring (bicyclic) bond motifs is 1. The molecular formula is C21H29N2O3+. The van der Waals surface area contributed by atoms with Crippen LogP contribution in [0.15, 0.2) is 18.2 Å². The molecule has 0 bridgehead atoms. The Kier molecular flexibility index (Phi) is 5.47. The van der Waals surface area contributed by atoms with Crippen LogP contribution >= 0.6 is 0 Å². The van der Waals surface area contributed by atoms with Crippen molar-refractivity contribution in [1.82, 2.24) is 4.98 Å². The first-order valence-electron chi connectivity index (χ1n) is 9.56. The van der Waals surface area contributed by atoms with Gasteiger partial charge in [0.15, 0.2) is 0 Å². The highest BCUT2D eigenvalue weighted by Gasteiger charge is 2.35. The fourth-order valence-corrected chi connectivity index (χ4v) is 4.08. The van der Waals surface area contributed by atoms with E-state index in [1.165, 1.54) is 10.5 Å². The third-order valence-electron chi connectivity index (χ3n) is 5.64. The predicted molar refractivity (Wildman–Crippen MR) is 102 cm³/mol. The molecular weight excluding hydrogens is 328 g/mol. The van der Waals surface area contributed by atoms with Crippen molar-refractivity contribution in [2.75, 3.05) is 19.7 Å². The topological polar surface area (TPSA) is 63.6 Å². The summed E-state index contributed by atoms with van der Waals surface area (Å²) >= 11 is 0. The first-order chi connectivity index (χ1) is 12.4. The van der Waals surface area contributed by atoms with Gasteiger partial charge in [0.05, 0.1) is 31.2 Å². The van der Waals surface area contributed by atoms with E-state index in [-0.39, 0.29) is 23.7 Å². The number of hydrogen-bond acceptors (Lipinski definition) is 3. The summed E-state index contributed by atoms with van der Waals surface area (Å²) in [5, 5.41) is 1.01. The lowest BCUT2D eigenvalue weighted by molar-refractivity contribution is -0.919. The highest BCUT2D eigenvalue weighted by molar-refractivity contribution is 6.11. The van der Waals surface area contributed by atoms with E-state index in [2.05, 4.69) is 24.0 Å². The van der Waals surface area contributed by atoms with E-state index in [0.717, 1.165) is 48.1 Å². The molecule has 0 aliphatic carbocycles. The summed E-state index contributed by atoms with van der Waals surface area (Å²) < 4.78 is 5.14. The number of esters is 1. The van der Waals surface area contributed by atoms with Gasteiger partial charge < -0.3 is 14.6 Å². The molecule has 0 amide bonds. The van der Waals surface area contributed by atoms with E-state index >= 15 is 0 Å². The summed E-state index contributed by atoms with van der Waals surface area (Å²) in [5.74, 6) is 0.0781. The zero-order valence-corrected chi connectivity index (χ0v) is 16.1. The van der Waals surface area contributed by atoms with Gasteiger partial charge in [0.25, 0.3) is 0 Å². The maximum Gasteiger partial charge on any atom is 0.309 e. The summed E-state index contributed by atoms with van der Waals surface area (Å²) in [7, 11) is 0. The Bertz CT molecular complexity index is 816. The Balaban J connectivity index is 1.73. The van der Waals surface area contributed by atoms with Gasteiger partial charge in [-0.2, -0.15) is 0 Å². The maximum absolute atomic E-state index is 13.2. The van der Waals surface area contributed by atoms with Crippen LogP contribution in [0.4, 0.5) is 0 Å². The zero-order valence-electron chi connectivity index (χ0n) is 16.1. The number of nitrogens with one attached hydrogen (secondary N) is 2. The molecule has 1 aromatic carbocycles. The van der Waals surface area contributed by atoms with Crippen molar-refractivity contribution in [1.29, 1.82) is 0 Å².